The lowest BCUT2D eigenvalue weighted by Gasteiger charge is -2.38. The van der Waals surface area contributed by atoms with E-state index >= 15 is 0 Å². The van der Waals surface area contributed by atoms with Crippen molar-refractivity contribution < 1.29 is 4.39 Å². The maximum Gasteiger partial charge on any atom is 0.142 e. The van der Waals surface area contributed by atoms with Gasteiger partial charge in [-0.05, 0) is 55.0 Å². The molecule has 0 bridgehead atoms. The molecule has 0 aromatic heterocycles. The Bertz CT molecular complexity index is 431. The van der Waals surface area contributed by atoms with Crippen molar-refractivity contribution in [2.75, 3.05) is 13.1 Å². The summed E-state index contributed by atoms with van der Waals surface area (Å²) in [6, 6.07) is 5.12. The van der Waals surface area contributed by atoms with Crippen LogP contribution in [0.15, 0.2) is 18.2 Å². The predicted molar refractivity (Wildman–Crippen MR) is 78.9 cm³/mol. The summed E-state index contributed by atoms with van der Waals surface area (Å²) in [4.78, 5) is 2.41. The van der Waals surface area contributed by atoms with Crippen molar-refractivity contribution in [1.82, 2.24) is 4.90 Å². The number of benzene rings is 1. The molecular formula is C16H23ClFN. The minimum absolute atomic E-state index is 0.204. The Morgan fingerprint density at radius 1 is 1.26 bits per heavy atom. The van der Waals surface area contributed by atoms with E-state index in [9.17, 15) is 4.39 Å². The number of piperidine rings is 1. The second kappa shape index (κ2) is 5.80. The molecule has 0 aliphatic carbocycles. The second-order valence-corrected chi connectivity index (χ2v) is 7.07. The summed E-state index contributed by atoms with van der Waals surface area (Å²) < 4.78 is 13.4. The molecule has 0 amide bonds. The number of halogens is 2. The van der Waals surface area contributed by atoms with Gasteiger partial charge in [0.15, 0.2) is 0 Å². The van der Waals surface area contributed by atoms with Gasteiger partial charge in [-0.1, -0.05) is 38.4 Å². The van der Waals surface area contributed by atoms with Crippen LogP contribution in [0.5, 0.6) is 0 Å². The Morgan fingerprint density at radius 3 is 2.42 bits per heavy atom. The number of rotatable bonds is 2. The highest BCUT2D eigenvalue weighted by Gasteiger charge is 2.28. The summed E-state index contributed by atoms with van der Waals surface area (Å²) in [6.45, 7) is 10.00. The highest BCUT2D eigenvalue weighted by molar-refractivity contribution is 6.30. The van der Waals surface area contributed by atoms with E-state index in [1.165, 1.54) is 12.8 Å². The van der Waals surface area contributed by atoms with Crippen molar-refractivity contribution in [2.45, 2.75) is 40.2 Å². The molecule has 1 saturated heterocycles. The number of nitrogens with zero attached hydrogens (tertiary/aromatic N) is 1. The molecule has 0 N–H and O–H groups in total. The van der Waals surface area contributed by atoms with Gasteiger partial charge in [0, 0.05) is 6.54 Å². The Morgan fingerprint density at radius 2 is 1.89 bits per heavy atom. The standard InChI is InChI=1S/C16H23ClFN/c1-16(2,3)13-6-8-19(9-7-13)11-12-4-5-14(17)15(18)10-12/h4-5,10,13H,6-9,11H2,1-3H3. The van der Waals surface area contributed by atoms with Crippen LogP contribution in [0.3, 0.4) is 0 Å². The third-order valence-corrected chi connectivity index (χ3v) is 4.51. The Labute approximate surface area is 120 Å². The van der Waals surface area contributed by atoms with Crippen LogP contribution >= 0.6 is 11.6 Å². The highest BCUT2D eigenvalue weighted by Crippen LogP contribution is 2.34. The van der Waals surface area contributed by atoms with Crippen molar-refractivity contribution in [3.63, 3.8) is 0 Å². The summed E-state index contributed by atoms with van der Waals surface area (Å²) in [5.74, 6) is 0.481. The van der Waals surface area contributed by atoms with Gasteiger partial charge in [0.2, 0.25) is 0 Å². The van der Waals surface area contributed by atoms with Crippen LogP contribution in [0.25, 0.3) is 0 Å². The first-order chi connectivity index (χ1) is 8.86. The van der Waals surface area contributed by atoms with Crippen molar-refractivity contribution in [3.8, 4) is 0 Å². The average Bonchev–Trinajstić information content (AvgIpc) is 2.33. The summed E-state index contributed by atoms with van der Waals surface area (Å²) in [5.41, 5.74) is 1.41. The fraction of sp³-hybridized carbons (Fsp3) is 0.625. The van der Waals surface area contributed by atoms with Crippen molar-refractivity contribution in [2.24, 2.45) is 11.3 Å². The first-order valence-electron chi connectivity index (χ1n) is 7.02. The van der Waals surface area contributed by atoms with Gasteiger partial charge in [-0.15, -0.1) is 0 Å². The zero-order valence-electron chi connectivity index (χ0n) is 12.0. The van der Waals surface area contributed by atoms with Gasteiger partial charge in [-0.25, -0.2) is 4.39 Å². The third kappa shape index (κ3) is 3.93. The fourth-order valence-electron chi connectivity index (χ4n) is 2.85. The average molecular weight is 284 g/mol. The lowest BCUT2D eigenvalue weighted by molar-refractivity contribution is 0.108. The van der Waals surface area contributed by atoms with Crippen LogP contribution in [0, 0.1) is 17.2 Å². The van der Waals surface area contributed by atoms with Gasteiger partial charge in [-0.2, -0.15) is 0 Å². The van der Waals surface area contributed by atoms with E-state index in [1.54, 1.807) is 12.1 Å². The molecule has 2 rings (SSSR count). The number of hydrogen-bond donors (Lipinski definition) is 0. The van der Waals surface area contributed by atoms with E-state index < -0.39 is 0 Å². The SMILES string of the molecule is CC(C)(C)C1CCN(Cc2ccc(Cl)c(F)c2)CC1. The van der Waals surface area contributed by atoms with Crippen LogP contribution in [0.1, 0.15) is 39.2 Å². The molecule has 0 saturated carbocycles. The maximum atomic E-state index is 13.4. The topological polar surface area (TPSA) is 3.24 Å². The molecular weight excluding hydrogens is 261 g/mol. The van der Waals surface area contributed by atoms with Gasteiger partial charge in [0.1, 0.15) is 5.82 Å². The molecule has 1 aliphatic rings. The zero-order valence-corrected chi connectivity index (χ0v) is 12.8. The fourth-order valence-corrected chi connectivity index (χ4v) is 2.97. The van der Waals surface area contributed by atoms with Crippen LogP contribution in [0.2, 0.25) is 5.02 Å². The van der Waals surface area contributed by atoms with E-state index in [1.807, 2.05) is 6.07 Å². The quantitative estimate of drug-likeness (QED) is 0.758. The van der Waals surface area contributed by atoms with Crippen LogP contribution in [-0.2, 0) is 6.54 Å². The normalized spacial score (nSPS) is 18.8. The predicted octanol–water partition coefficient (Wildman–Crippen LogP) is 4.74. The van der Waals surface area contributed by atoms with E-state index in [4.69, 9.17) is 11.6 Å². The second-order valence-electron chi connectivity index (χ2n) is 6.66. The van der Waals surface area contributed by atoms with E-state index in [-0.39, 0.29) is 10.8 Å². The third-order valence-electron chi connectivity index (χ3n) is 4.20. The molecule has 3 heteroatoms. The molecule has 0 spiro atoms. The molecule has 19 heavy (non-hydrogen) atoms. The smallest absolute Gasteiger partial charge is 0.142 e. The molecule has 0 radical (unpaired) electrons. The Balaban J connectivity index is 1.90. The van der Waals surface area contributed by atoms with Crippen molar-refractivity contribution in [3.05, 3.63) is 34.6 Å². The van der Waals surface area contributed by atoms with Gasteiger partial charge >= 0.3 is 0 Å². The monoisotopic (exact) mass is 283 g/mol. The number of hydrogen-bond acceptors (Lipinski definition) is 1. The molecule has 1 aliphatic heterocycles. The molecule has 1 aromatic rings. The largest absolute Gasteiger partial charge is 0.299 e. The first kappa shape index (κ1) is 14.8. The van der Waals surface area contributed by atoms with Crippen LogP contribution in [-0.4, -0.2) is 18.0 Å². The van der Waals surface area contributed by atoms with Crippen molar-refractivity contribution in [1.29, 1.82) is 0 Å². The first-order valence-corrected chi connectivity index (χ1v) is 7.40. The lowest BCUT2D eigenvalue weighted by atomic mass is 9.75. The molecule has 1 nitrogen and oxygen atoms in total. The molecule has 1 aromatic carbocycles. The van der Waals surface area contributed by atoms with E-state index in [2.05, 4.69) is 25.7 Å². The molecule has 0 atom stereocenters. The number of likely N-dealkylation sites (tertiary alicyclic amines) is 1. The van der Waals surface area contributed by atoms with Gasteiger partial charge in [0.05, 0.1) is 5.02 Å². The lowest BCUT2D eigenvalue weighted by Crippen LogP contribution is -2.37. The van der Waals surface area contributed by atoms with Gasteiger partial charge in [-0.3, -0.25) is 4.90 Å². The molecule has 1 fully saturated rings. The van der Waals surface area contributed by atoms with E-state index in [0.717, 1.165) is 31.1 Å². The van der Waals surface area contributed by atoms with Gasteiger partial charge < -0.3 is 0 Å². The van der Waals surface area contributed by atoms with Crippen molar-refractivity contribution >= 4 is 11.6 Å². The summed E-state index contributed by atoms with van der Waals surface area (Å²) in [5, 5.41) is 0.204. The van der Waals surface area contributed by atoms with Crippen LogP contribution < -0.4 is 0 Å². The summed E-state index contributed by atoms with van der Waals surface area (Å²) in [7, 11) is 0. The van der Waals surface area contributed by atoms with Gasteiger partial charge in [0.25, 0.3) is 0 Å². The molecule has 0 unspecified atom stereocenters. The summed E-state index contributed by atoms with van der Waals surface area (Å²) >= 11 is 5.70. The van der Waals surface area contributed by atoms with Crippen LogP contribution in [0.4, 0.5) is 4.39 Å². The Hall–Kier alpha value is -0.600. The minimum Gasteiger partial charge on any atom is -0.299 e. The van der Waals surface area contributed by atoms with E-state index in [0.29, 0.717) is 5.41 Å². The molecule has 1 heterocycles. The zero-order chi connectivity index (χ0) is 14.0. The molecule has 106 valence electrons. The Kier molecular flexibility index (Phi) is 4.52. The maximum absolute atomic E-state index is 13.4. The summed E-state index contributed by atoms with van der Waals surface area (Å²) in [6.07, 6.45) is 2.47. The highest BCUT2D eigenvalue weighted by atomic mass is 35.5. The minimum atomic E-state index is -0.316.